The van der Waals surface area contributed by atoms with Gasteiger partial charge in [-0.05, 0) is 17.7 Å². The molecule has 0 bridgehead atoms. The predicted molar refractivity (Wildman–Crippen MR) is 77.1 cm³/mol. The van der Waals surface area contributed by atoms with Crippen molar-refractivity contribution in [3.8, 4) is 5.75 Å². The van der Waals surface area contributed by atoms with Crippen molar-refractivity contribution in [3.63, 3.8) is 0 Å². The molecule has 0 radical (unpaired) electrons. The Labute approximate surface area is 120 Å². The molecule has 20 heavy (non-hydrogen) atoms. The Morgan fingerprint density at radius 1 is 1.45 bits per heavy atom. The highest BCUT2D eigenvalue weighted by Gasteiger charge is 2.10. The minimum absolute atomic E-state index is 0.115. The number of nitrogens with one attached hydrogen (secondary N) is 2. The molecule has 3 N–H and O–H groups in total. The SMILES string of the molecule is COc1ccc([C@@H](O)CNC(=O)Nc2nccs2)cc1. The molecular formula is C13H15N3O3S. The molecule has 1 atom stereocenters. The Hall–Kier alpha value is -2.12. The molecule has 0 aliphatic carbocycles. The van der Waals surface area contributed by atoms with Gasteiger partial charge in [0, 0.05) is 18.1 Å². The standard InChI is InChI=1S/C13H15N3O3S/c1-19-10-4-2-9(3-5-10)11(17)8-15-12(18)16-13-14-6-7-20-13/h2-7,11,17H,8H2,1H3,(H2,14,15,16,18)/t11-/m0/s1. The number of aliphatic hydroxyl groups is 1. The van der Waals surface area contributed by atoms with Gasteiger partial charge in [-0.2, -0.15) is 0 Å². The van der Waals surface area contributed by atoms with Crippen LogP contribution in [0.3, 0.4) is 0 Å². The smallest absolute Gasteiger partial charge is 0.321 e. The zero-order valence-corrected chi connectivity index (χ0v) is 11.7. The fraction of sp³-hybridized carbons (Fsp3) is 0.231. The Balaban J connectivity index is 1.81. The molecule has 0 aliphatic heterocycles. The lowest BCUT2D eigenvalue weighted by Gasteiger charge is -2.12. The number of nitrogens with zero attached hydrogens (tertiary/aromatic N) is 1. The lowest BCUT2D eigenvalue weighted by Crippen LogP contribution is -2.32. The van der Waals surface area contributed by atoms with Gasteiger partial charge in [0.15, 0.2) is 5.13 Å². The molecule has 7 heteroatoms. The van der Waals surface area contributed by atoms with Crippen LogP contribution in [0.1, 0.15) is 11.7 Å². The molecule has 0 aliphatic rings. The van der Waals surface area contributed by atoms with E-state index in [0.29, 0.717) is 10.7 Å². The summed E-state index contributed by atoms with van der Waals surface area (Å²) in [6.45, 7) is 0.115. The average Bonchev–Trinajstić information content (AvgIpc) is 2.97. The van der Waals surface area contributed by atoms with E-state index in [1.165, 1.54) is 11.3 Å². The summed E-state index contributed by atoms with van der Waals surface area (Å²) >= 11 is 1.33. The summed E-state index contributed by atoms with van der Waals surface area (Å²) in [5, 5.41) is 17.4. The Kier molecular flexibility index (Phi) is 4.91. The first-order valence-electron chi connectivity index (χ1n) is 5.95. The number of rotatable bonds is 5. The van der Waals surface area contributed by atoms with Crippen LogP contribution >= 0.6 is 11.3 Å². The minimum atomic E-state index is -0.775. The van der Waals surface area contributed by atoms with E-state index in [0.717, 1.165) is 5.75 Å². The Morgan fingerprint density at radius 3 is 2.80 bits per heavy atom. The largest absolute Gasteiger partial charge is 0.497 e. The van der Waals surface area contributed by atoms with Crippen LogP contribution in [0.25, 0.3) is 0 Å². The van der Waals surface area contributed by atoms with Crippen molar-refractivity contribution in [1.29, 1.82) is 0 Å². The van der Waals surface area contributed by atoms with Gasteiger partial charge in [0.1, 0.15) is 5.75 Å². The van der Waals surface area contributed by atoms with Crippen LogP contribution < -0.4 is 15.4 Å². The first-order chi connectivity index (χ1) is 9.69. The van der Waals surface area contributed by atoms with Crippen LogP contribution in [-0.2, 0) is 0 Å². The summed E-state index contributed by atoms with van der Waals surface area (Å²) in [5.41, 5.74) is 0.709. The maximum absolute atomic E-state index is 11.6. The number of anilines is 1. The van der Waals surface area contributed by atoms with E-state index in [9.17, 15) is 9.90 Å². The number of amides is 2. The number of carbonyl (C=O) groups excluding carboxylic acids is 1. The second kappa shape index (κ2) is 6.88. The average molecular weight is 293 g/mol. The van der Waals surface area contributed by atoms with Crippen LogP contribution in [0.5, 0.6) is 5.75 Å². The van der Waals surface area contributed by atoms with E-state index >= 15 is 0 Å². The summed E-state index contributed by atoms with van der Waals surface area (Å²) in [7, 11) is 1.58. The third-order valence-electron chi connectivity index (χ3n) is 2.61. The van der Waals surface area contributed by atoms with E-state index in [2.05, 4.69) is 15.6 Å². The second-order valence-corrected chi connectivity index (χ2v) is 4.86. The lowest BCUT2D eigenvalue weighted by atomic mass is 10.1. The van der Waals surface area contributed by atoms with Gasteiger partial charge in [-0.1, -0.05) is 12.1 Å². The minimum Gasteiger partial charge on any atom is -0.497 e. The number of hydrogen-bond acceptors (Lipinski definition) is 5. The van der Waals surface area contributed by atoms with Crippen LogP contribution in [-0.4, -0.2) is 29.8 Å². The molecule has 0 saturated carbocycles. The number of aliphatic hydroxyl groups excluding tert-OH is 1. The Morgan fingerprint density at radius 2 is 2.20 bits per heavy atom. The number of urea groups is 1. The van der Waals surface area contributed by atoms with Crippen molar-refractivity contribution in [2.24, 2.45) is 0 Å². The zero-order valence-electron chi connectivity index (χ0n) is 10.9. The maximum atomic E-state index is 11.6. The highest BCUT2D eigenvalue weighted by atomic mass is 32.1. The quantitative estimate of drug-likeness (QED) is 0.787. The van der Waals surface area contributed by atoms with Gasteiger partial charge >= 0.3 is 6.03 Å². The van der Waals surface area contributed by atoms with Crippen LogP contribution in [0.4, 0.5) is 9.93 Å². The molecule has 2 amide bonds. The normalized spacial score (nSPS) is 11.7. The zero-order chi connectivity index (χ0) is 14.4. The summed E-state index contributed by atoms with van der Waals surface area (Å²) in [5.74, 6) is 0.718. The summed E-state index contributed by atoms with van der Waals surface area (Å²) in [6, 6.07) is 6.63. The van der Waals surface area contributed by atoms with Gasteiger partial charge in [-0.25, -0.2) is 9.78 Å². The van der Waals surface area contributed by atoms with Crippen LogP contribution in [0.2, 0.25) is 0 Å². The summed E-state index contributed by atoms with van der Waals surface area (Å²) < 4.78 is 5.04. The van der Waals surface area contributed by atoms with Crippen molar-refractivity contribution in [2.45, 2.75) is 6.10 Å². The van der Waals surface area contributed by atoms with E-state index in [4.69, 9.17) is 4.74 Å². The topological polar surface area (TPSA) is 83.5 Å². The van der Waals surface area contributed by atoms with Crippen molar-refractivity contribution >= 4 is 22.5 Å². The van der Waals surface area contributed by atoms with Crippen molar-refractivity contribution in [3.05, 3.63) is 41.4 Å². The molecule has 0 fully saturated rings. The number of methoxy groups -OCH3 is 1. The predicted octanol–water partition coefficient (Wildman–Crippen LogP) is 2.01. The molecule has 2 rings (SSSR count). The molecule has 1 aromatic carbocycles. The van der Waals surface area contributed by atoms with Crippen molar-refractivity contribution < 1.29 is 14.6 Å². The number of thiazole rings is 1. The van der Waals surface area contributed by atoms with Gasteiger partial charge in [0.2, 0.25) is 0 Å². The number of carbonyl (C=O) groups is 1. The second-order valence-electron chi connectivity index (χ2n) is 3.96. The first kappa shape index (κ1) is 14.3. The van der Waals surface area contributed by atoms with Gasteiger partial charge in [0.25, 0.3) is 0 Å². The molecule has 0 saturated heterocycles. The molecular weight excluding hydrogens is 278 g/mol. The molecule has 0 spiro atoms. The molecule has 6 nitrogen and oxygen atoms in total. The van der Waals surface area contributed by atoms with E-state index in [-0.39, 0.29) is 6.54 Å². The molecule has 1 heterocycles. The third-order valence-corrected chi connectivity index (χ3v) is 3.30. The summed E-state index contributed by atoms with van der Waals surface area (Å²) in [6.07, 6.45) is 0.829. The number of aromatic nitrogens is 1. The molecule has 0 unspecified atom stereocenters. The maximum Gasteiger partial charge on any atom is 0.321 e. The Bertz CT molecular complexity index is 542. The summed E-state index contributed by atoms with van der Waals surface area (Å²) in [4.78, 5) is 15.5. The lowest BCUT2D eigenvalue weighted by molar-refractivity contribution is 0.175. The number of benzene rings is 1. The monoisotopic (exact) mass is 293 g/mol. The van der Waals surface area contributed by atoms with E-state index < -0.39 is 12.1 Å². The van der Waals surface area contributed by atoms with Crippen LogP contribution in [0.15, 0.2) is 35.8 Å². The van der Waals surface area contributed by atoms with Gasteiger partial charge in [0.05, 0.1) is 13.2 Å². The highest BCUT2D eigenvalue weighted by Crippen LogP contribution is 2.17. The molecule has 2 aromatic rings. The molecule has 106 valence electrons. The van der Waals surface area contributed by atoms with E-state index in [1.807, 2.05) is 0 Å². The highest BCUT2D eigenvalue weighted by molar-refractivity contribution is 7.13. The fourth-order valence-electron chi connectivity index (χ4n) is 1.56. The number of ether oxygens (including phenoxy) is 1. The first-order valence-corrected chi connectivity index (χ1v) is 6.83. The molecule has 1 aromatic heterocycles. The van der Waals surface area contributed by atoms with Gasteiger partial charge in [-0.15, -0.1) is 11.3 Å². The van der Waals surface area contributed by atoms with Crippen molar-refractivity contribution in [1.82, 2.24) is 10.3 Å². The third kappa shape index (κ3) is 3.94. The fourth-order valence-corrected chi connectivity index (χ4v) is 2.08. The van der Waals surface area contributed by atoms with Crippen LogP contribution in [0, 0.1) is 0 Å². The van der Waals surface area contributed by atoms with Gasteiger partial charge < -0.3 is 15.2 Å². The van der Waals surface area contributed by atoms with Crippen molar-refractivity contribution in [2.75, 3.05) is 19.0 Å². The number of hydrogen-bond donors (Lipinski definition) is 3. The van der Waals surface area contributed by atoms with E-state index in [1.54, 1.807) is 43.0 Å². The van der Waals surface area contributed by atoms with Gasteiger partial charge in [-0.3, -0.25) is 5.32 Å².